The van der Waals surface area contributed by atoms with Crippen LogP contribution in [-0.2, 0) is 18.4 Å². The number of amides is 1. The maximum atomic E-state index is 12.8. The van der Waals surface area contributed by atoms with E-state index >= 15 is 0 Å². The smallest absolute Gasteiger partial charge is 0.237 e. The van der Waals surface area contributed by atoms with Crippen LogP contribution < -0.4 is 5.32 Å². The molecule has 1 atom stereocenters. The van der Waals surface area contributed by atoms with Crippen molar-refractivity contribution in [2.45, 2.75) is 51.6 Å². The average Bonchev–Trinajstić information content (AvgIpc) is 3.33. The number of aryl methyl sites for hydroxylation is 2. The van der Waals surface area contributed by atoms with Gasteiger partial charge in [0.25, 0.3) is 0 Å². The van der Waals surface area contributed by atoms with Crippen LogP contribution in [0.5, 0.6) is 0 Å². The third-order valence-electron chi connectivity index (χ3n) is 4.41. The van der Waals surface area contributed by atoms with E-state index in [9.17, 15) is 4.79 Å². The molecule has 0 aliphatic rings. The van der Waals surface area contributed by atoms with E-state index in [0.717, 1.165) is 23.6 Å². The molecule has 8 nitrogen and oxygen atoms in total. The lowest BCUT2D eigenvalue weighted by atomic mass is 10.2. The van der Waals surface area contributed by atoms with Gasteiger partial charge in [0, 0.05) is 13.6 Å². The third-order valence-corrected chi connectivity index (χ3v) is 5.50. The van der Waals surface area contributed by atoms with Gasteiger partial charge in [0.1, 0.15) is 0 Å². The van der Waals surface area contributed by atoms with Crippen LogP contribution in [-0.4, -0.2) is 35.7 Å². The molecule has 0 aliphatic carbocycles. The Morgan fingerprint density at radius 2 is 2.04 bits per heavy atom. The molecule has 28 heavy (non-hydrogen) atoms. The molecule has 0 unspecified atom stereocenters. The highest BCUT2D eigenvalue weighted by Crippen LogP contribution is 2.29. The monoisotopic (exact) mass is 402 g/mol. The summed E-state index contributed by atoms with van der Waals surface area (Å²) >= 11 is 1.38. The number of hydrogen-bond donors (Lipinski definition) is 1. The molecule has 3 aromatic rings. The van der Waals surface area contributed by atoms with Crippen molar-refractivity contribution in [1.82, 2.24) is 24.5 Å². The van der Waals surface area contributed by atoms with Crippen molar-refractivity contribution in [2.24, 2.45) is 13.0 Å². The molecule has 0 bridgehead atoms. The molecule has 9 heteroatoms. The second kappa shape index (κ2) is 8.22. The van der Waals surface area contributed by atoms with E-state index in [0.29, 0.717) is 22.7 Å². The van der Waals surface area contributed by atoms with Crippen molar-refractivity contribution >= 4 is 23.4 Å². The Balaban J connectivity index is 1.79. The van der Waals surface area contributed by atoms with E-state index < -0.39 is 0 Å². The van der Waals surface area contributed by atoms with Gasteiger partial charge in [-0.15, -0.1) is 10.2 Å². The van der Waals surface area contributed by atoms with Crippen molar-refractivity contribution < 1.29 is 9.21 Å². The van der Waals surface area contributed by atoms with Crippen molar-refractivity contribution in [2.75, 3.05) is 5.32 Å². The Morgan fingerprint density at radius 1 is 1.29 bits per heavy atom. The minimum Gasteiger partial charge on any atom is -0.461 e. The first kappa shape index (κ1) is 20.2. The number of anilines is 1. The summed E-state index contributed by atoms with van der Waals surface area (Å²) in [4.78, 5) is 12.8. The number of furan rings is 1. The molecule has 0 fully saturated rings. The van der Waals surface area contributed by atoms with Crippen LogP contribution in [0.4, 0.5) is 5.69 Å². The van der Waals surface area contributed by atoms with Crippen molar-refractivity contribution in [1.29, 1.82) is 0 Å². The van der Waals surface area contributed by atoms with E-state index in [4.69, 9.17) is 4.42 Å². The molecule has 1 N–H and O–H groups in total. The molecule has 0 saturated carbocycles. The first-order valence-electron chi connectivity index (χ1n) is 9.22. The summed E-state index contributed by atoms with van der Waals surface area (Å²) in [6.07, 6.45) is 1.62. The number of rotatable bonds is 7. The summed E-state index contributed by atoms with van der Waals surface area (Å²) in [6, 6.07) is 3.69. The summed E-state index contributed by atoms with van der Waals surface area (Å²) in [5, 5.41) is 16.3. The fourth-order valence-corrected chi connectivity index (χ4v) is 3.74. The van der Waals surface area contributed by atoms with Crippen LogP contribution in [0.3, 0.4) is 0 Å². The first-order chi connectivity index (χ1) is 13.3. The minimum absolute atomic E-state index is 0.0946. The largest absolute Gasteiger partial charge is 0.461 e. The third kappa shape index (κ3) is 4.14. The fraction of sp³-hybridized carbons (Fsp3) is 0.474. The number of hydrogen-bond acceptors (Lipinski definition) is 6. The molecule has 0 radical (unpaired) electrons. The Kier molecular flexibility index (Phi) is 5.93. The van der Waals surface area contributed by atoms with Gasteiger partial charge in [0.15, 0.2) is 16.7 Å². The minimum atomic E-state index is -0.349. The van der Waals surface area contributed by atoms with E-state index in [1.54, 1.807) is 10.9 Å². The molecule has 3 aromatic heterocycles. The summed E-state index contributed by atoms with van der Waals surface area (Å²) in [5.74, 6) is 1.64. The number of carbonyl (C=O) groups is 1. The number of carbonyl (C=O) groups excluding carboxylic acids is 1. The van der Waals surface area contributed by atoms with Gasteiger partial charge in [-0.2, -0.15) is 5.10 Å². The molecule has 0 aromatic carbocycles. The van der Waals surface area contributed by atoms with Crippen LogP contribution in [0.2, 0.25) is 0 Å². The molecule has 150 valence electrons. The quantitative estimate of drug-likeness (QED) is 0.607. The fourth-order valence-electron chi connectivity index (χ4n) is 2.88. The Hall–Kier alpha value is -2.55. The van der Waals surface area contributed by atoms with Gasteiger partial charge in [0.2, 0.25) is 5.91 Å². The molecule has 3 heterocycles. The Bertz CT molecular complexity index is 958. The standard InChI is InChI=1S/C19H26N6O2S/c1-11(2)10-25-17(15-8-7-9-27-15)21-22-19(25)28-14(5)18(26)20-16-12(3)23-24(6)13(16)4/h7-9,11,14H,10H2,1-6H3,(H,20,26)/t14-/m1/s1. The molecular weight excluding hydrogens is 376 g/mol. The normalized spacial score (nSPS) is 12.5. The molecular formula is C19H26N6O2S. The Morgan fingerprint density at radius 3 is 2.61 bits per heavy atom. The number of aromatic nitrogens is 5. The van der Waals surface area contributed by atoms with Crippen LogP contribution in [0, 0.1) is 19.8 Å². The molecule has 0 aliphatic heterocycles. The highest BCUT2D eigenvalue weighted by atomic mass is 32.2. The van der Waals surface area contributed by atoms with Crippen molar-refractivity contribution in [3.63, 3.8) is 0 Å². The predicted octanol–water partition coefficient (Wildman–Crippen LogP) is 3.66. The van der Waals surface area contributed by atoms with Gasteiger partial charge < -0.3 is 9.73 Å². The van der Waals surface area contributed by atoms with E-state index in [1.165, 1.54) is 11.8 Å². The summed E-state index contributed by atoms with van der Waals surface area (Å²) < 4.78 is 9.27. The van der Waals surface area contributed by atoms with Crippen LogP contribution in [0.1, 0.15) is 32.2 Å². The zero-order valence-electron chi connectivity index (χ0n) is 17.1. The highest BCUT2D eigenvalue weighted by molar-refractivity contribution is 8.00. The SMILES string of the molecule is Cc1nn(C)c(C)c1NC(=O)[C@@H](C)Sc1nnc(-c2ccco2)n1CC(C)C. The van der Waals surface area contributed by atoms with Crippen LogP contribution in [0.25, 0.3) is 11.6 Å². The van der Waals surface area contributed by atoms with E-state index in [-0.39, 0.29) is 11.2 Å². The molecule has 0 spiro atoms. The Labute approximate surface area is 168 Å². The number of nitrogens with zero attached hydrogens (tertiary/aromatic N) is 5. The number of nitrogens with one attached hydrogen (secondary N) is 1. The van der Waals surface area contributed by atoms with Gasteiger partial charge in [-0.25, -0.2) is 0 Å². The summed E-state index contributed by atoms with van der Waals surface area (Å²) in [7, 11) is 1.86. The van der Waals surface area contributed by atoms with E-state index in [1.807, 2.05) is 44.5 Å². The second-order valence-electron chi connectivity index (χ2n) is 7.21. The first-order valence-corrected chi connectivity index (χ1v) is 10.1. The second-order valence-corrected chi connectivity index (χ2v) is 8.51. The summed E-state index contributed by atoms with van der Waals surface area (Å²) in [6.45, 7) is 10.7. The lowest BCUT2D eigenvalue weighted by Crippen LogP contribution is -2.23. The van der Waals surface area contributed by atoms with Gasteiger partial charge in [-0.3, -0.25) is 14.0 Å². The van der Waals surface area contributed by atoms with Gasteiger partial charge in [-0.1, -0.05) is 25.6 Å². The topological polar surface area (TPSA) is 90.8 Å². The van der Waals surface area contributed by atoms with Crippen molar-refractivity contribution in [3.8, 4) is 11.6 Å². The molecule has 0 saturated heterocycles. The maximum Gasteiger partial charge on any atom is 0.237 e. The molecule has 3 rings (SSSR count). The zero-order chi connectivity index (χ0) is 20.4. The van der Waals surface area contributed by atoms with Crippen LogP contribution in [0.15, 0.2) is 28.0 Å². The van der Waals surface area contributed by atoms with Gasteiger partial charge >= 0.3 is 0 Å². The molecule has 1 amide bonds. The number of thioether (sulfide) groups is 1. The lowest BCUT2D eigenvalue weighted by molar-refractivity contribution is -0.115. The maximum absolute atomic E-state index is 12.8. The zero-order valence-corrected chi connectivity index (χ0v) is 17.9. The van der Waals surface area contributed by atoms with Crippen molar-refractivity contribution in [3.05, 3.63) is 29.8 Å². The summed E-state index contributed by atoms with van der Waals surface area (Å²) in [5.41, 5.74) is 2.49. The predicted molar refractivity (Wildman–Crippen MR) is 109 cm³/mol. The van der Waals surface area contributed by atoms with Crippen LogP contribution >= 0.6 is 11.8 Å². The van der Waals surface area contributed by atoms with Gasteiger partial charge in [-0.05, 0) is 38.8 Å². The highest BCUT2D eigenvalue weighted by Gasteiger charge is 2.23. The average molecular weight is 403 g/mol. The lowest BCUT2D eigenvalue weighted by Gasteiger charge is -2.15. The van der Waals surface area contributed by atoms with E-state index in [2.05, 4.69) is 34.5 Å². The van der Waals surface area contributed by atoms with Gasteiger partial charge in [0.05, 0.1) is 28.6 Å².